The first kappa shape index (κ1) is 17.7. The van der Waals surface area contributed by atoms with Gasteiger partial charge in [-0.05, 0) is 20.8 Å². The Labute approximate surface area is 118 Å². The molecule has 108 valence electrons. The molecule has 0 radical (unpaired) electrons. The monoisotopic (exact) mass is 325 g/mol. The molecule has 0 rings (SSSR count). The Hall–Kier alpha value is -0.330. The molecule has 0 aliphatic carbocycles. The van der Waals surface area contributed by atoms with Crippen molar-refractivity contribution in [1.82, 2.24) is 4.90 Å². The van der Waals surface area contributed by atoms with Crippen LogP contribution in [0.5, 0.6) is 0 Å². The van der Waals surface area contributed by atoms with Gasteiger partial charge in [-0.2, -0.15) is 0 Å². The largest absolute Gasteiger partial charge is 0.444 e. The molecule has 1 amide bonds. The molecule has 18 heavy (non-hydrogen) atoms. The lowest BCUT2D eigenvalue weighted by atomic mass is 10.2. The van der Waals surface area contributed by atoms with E-state index in [1.807, 2.05) is 20.8 Å². The van der Waals surface area contributed by atoms with Crippen LogP contribution in [0.4, 0.5) is 4.79 Å². The predicted octanol–water partition coefficient (Wildman–Crippen LogP) is 2.28. The van der Waals surface area contributed by atoms with Gasteiger partial charge in [-0.15, -0.1) is 0 Å². The van der Waals surface area contributed by atoms with Crippen molar-refractivity contribution in [2.45, 2.75) is 26.4 Å². The zero-order chi connectivity index (χ0) is 14.0. The van der Waals surface area contributed by atoms with E-state index in [1.165, 1.54) is 4.90 Å². The normalized spacial score (nSPS) is 11.4. The zero-order valence-electron chi connectivity index (χ0n) is 11.7. The lowest BCUT2D eigenvalue weighted by molar-refractivity contribution is 0.0171. The van der Waals surface area contributed by atoms with Gasteiger partial charge in [0, 0.05) is 18.9 Å². The summed E-state index contributed by atoms with van der Waals surface area (Å²) >= 11 is 3.27. The summed E-state index contributed by atoms with van der Waals surface area (Å²) in [5.41, 5.74) is -0.463. The Bertz CT molecular complexity index is 231. The maximum atomic E-state index is 11.6. The molecule has 6 heteroatoms. The second-order valence-corrected chi connectivity index (χ2v) is 5.61. The number of hydrogen-bond acceptors (Lipinski definition) is 4. The number of likely N-dealkylation sites (N-methyl/N-ethyl adjacent to an activating group) is 1. The molecule has 0 bridgehead atoms. The Kier molecular flexibility index (Phi) is 9.40. The van der Waals surface area contributed by atoms with Crippen molar-refractivity contribution in [2.24, 2.45) is 0 Å². The quantitative estimate of drug-likeness (QED) is 0.507. The first-order valence-corrected chi connectivity index (χ1v) is 7.14. The highest BCUT2D eigenvalue weighted by atomic mass is 79.9. The smallest absolute Gasteiger partial charge is 0.410 e. The summed E-state index contributed by atoms with van der Waals surface area (Å²) in [6, 6.07) is 0. The van der Waals surface area contributed by atoms with E-state index in [1.54, 1.807) is 7.05 Å². The van der Waals surface area contributed by atoms with E-state index >= 15 is 0 Å². The van der Waals surface area contributed by atoms with Crippen molar-refractivity contribution >= 4 is 22.0 Å². The van der Waals surface area contributed by atoms with Crippen LogP contribution in [0.25, 0.3) is 0 Å². The van der Waals surface area contributed by atoms with E-state index in [2.05, 4.69) is 15.9 Å². The molecular formula is C12H24BrNO4. The van der Waals surface area contributed by atoms with E-state index in [4.69, 9.17) is 14.2 Å². The number of carbonyl (C=O) groups is 1. The molecule has 0 aromatic rings. The Balaban J connectivity index is 3.52. The van der Waals surface area contributed by atoms with Gasteiger partial charge in [0.1, 0.15) is 5.60 Å². The van der Waals surface area contributed by atoms with Crippen molar-refractivity contribution in [1.29, 1.82) is 0 Å². The number of carbonyl (C=O) groups excluding carboxylic acids is 1. The molecule has 0 aromatic heterocycles. The van der Waals surface area contributed by atoms with Gasteiger partial charge in [-0.3, -0.25) is 0 Å². The van der Waals surface area contributed by atoms with E-state index in [9.17, 15) is 4.79 Å². The summed E-state index contributed by atoms with van der Waals surface area (Å²) in [7, 11) is 1.69. The topological polar surface area (TPSA) is 48.0 Å². The minimum Gasteiger partial charge on any atom is -0.444 e. The molecule has 0 aromatic carbocycles. The zero-order valence-corrected chi connectivity index (χ0v) is 13.3. The molecule has 5 nitrogen and oxygen atoms in total. The van der Waals surface area contributed by atoms with Crippen LogP contribution < -0.4 is 0 Å². The van der Waals surface area contributed by atoms with Gasteiger partial charge in [-0.1, -0.05) is 15.9 Å². The summed E-state index contributed by atoms with van der Waals surface area (Å²) in [5, 5.41) is 0.828. The van der Waals surface area contributed by atoms with Crippen molar-refractivity contribution in [3.05, 3.63) is 0 Å². The summed E-state index contributed by atoms with van der Waals surface area (Å²) < 4.78 is 15.8. The van der Waals surface area contributed by atoms with Gasteiger partial charge in [0.25, 0.3) is 0 Å². The molecule has 0 saturated carbocycles. The molecule has 0 aliphatic heterocycles. The average molecular weight is 326 g/mol. The second kappa shape index (κ2) is 9.58. The van der Waals surface area contributed by atoms with Gasteiger partial charge >= 0.3 is 6.09 Å². The molecule has 0 N–H and O–H groups in total. The number of ether oxygens (including phenoxy) is 3. The van der Waals surface area contributed by atoms with E-state index in [0.717, 1.165) is 5.33 Å². The highest BCUT2D eigenvalue weighted by Crippen LogP contribution is 2.08. The molecule has 0 saturated heterocycles. The molecule has 0 spiro atoms. The highest BCUT2D eigenvalue weighted by molar-refractivity contribution is 9.09. The Morgan fingerprint density at radius 3 is 2.17 bits per heavy atom. The summed E-state index contributed by atoms with van der Waals surface area (Å²) in [4.78, 5) is 13.1. The molecule has 0 aliphatic rings. The van der Waals surface area contributed by atoms with Crippen molar-refractivity contribution < 1.29 is 19.0 Å². The number of hydrogen-bond donors (Lipinski definition) is 0. The van der Waals surface area contributed by atoms with Crippen LogP contribution >= 0.6 is 15.9 Å². The van der Waals surface area contributed by atoms with E-state index < -0.39 is 5.60 Å². The maximum absolute atomic E-state index is 11.6. The van der Waals surface area contributed by atoms with Crippen molar-refractivity contribution in [2.75, 3.05) is 45.4 Å². The summed E-state index contributed by atoms with van der Waals surface area (Å²) in [5.74, 6) is 0. The molecule has 0 unspecified atom stereocenters. The van der Waals surface area contributed by atoms with Gasteiger partial charge in [-0.25, -0.2) is 4.79 Å². The highest BCUT2D eigenvalue weighted by Gasteiger charge is 2.19. The molecule has 0 heterocycles. The van der Waals surface area contributed by atoms with Crippen LogP contribution in [-0.2, 0) is 14.2 Å². The van der Waals surface area contributed by atoms with Gasteiger partial charge < -0.3 is 19.1 Å². The molecular weight excluding hydrogens is 302 g/mol. The SMILES string of the molecule is CN(CCOCCOCCBr)C(=O)OC(C)(C)C. The van der Waals surface area contributed by atoms with Gasteiger partial charge in [0.05, 0.1) is 26.4 Å². The first-order chi connectivity index (χ1) is 8.37. The van der Waals surface area contributed by atoms with Crippen LogP contribution in [0.3, 0.4) is 0 Å². The number of amides is 1. The van der Waals surface area contributed by atoms with Crippen LogP contribution in [0.15, 0.2) is 0 Å². The lowest BCUT2D eigenvalue weighted by Crippen LogP contribution is -2.36. The minimum absolute atomic E-state index is 0.332. The van der Waals surface area contributed by atoms with Gasteiger partial charge in [0.2, 0.25) is 0 Å². The number of rotatable bonds is 8. The van der Waals surface area contributed by atoms with Crippen molar-refractivity contribution in [3.63, 3.8) is 0 Å². The van der Waals surface area contributed by atoms with E-state index in [0.29, 0.717) is 33.0 Å². The fraction of sp³-hybridized carbons (Fsp3) is 0.917. The number of alkyl halides is 1. The first-order valence-electron chi connectivity index (χ1n) is 6.02. The second-order valence-electron chi connectivity index (χ2n) is 4.82. The molecule has 0 fully saturated rings. The van der Waals surface area contributed by atoms with Gasteiger partial charge in [0.15, 0.2) is 0 Å². The van der Waals surface area contributed by atoms with Crippen molar-refractivity contribution in [3.8, 4) is 0 Å². The van der Waals surface area contributed by atoms with E-state index in [-0.39, 0.29) is 6.09 Å². The third-order valence-corrected chi connectivity index (χ3v) is 2.19. The number of halogens is 1. The lowest BCUT2D eigenvalue weighted by Gasteiger charge is -2.24. The molecule has 0 atom stereocenters. The average Bonchev–Trinajstić information content (AvgIpc) is 2.25. The third-order valence-electron chi connectivity index (χ3n) is 1.87. The fourth-order valence-corrected chi connectivity index (χ4v) is 1.24. The summed E-state index contributed by atoms with van der Waals surface area (Å²) in [6.45, 7) is 8.31. The van der Waals surface area contributed by atoms with Crippen LogP contribution in [0.1, 0.15) is 20.8 Å². The third kappa shape index (κ3) is 10.8. The van der Waals surface area contributed by atoms with Crippen LogP contribution in [0.2, 0.25) is 0 Å². The minimum atomic E-state index is -0.463. The predicted molar refractivity (Wildman–Crippen MR) is 74.3 cm³/mol. The fourth-order valence-electron chi connectivity index (χ4n) is 1.01. The van der Waals surface area contributed by atoms with Crippen LogP contribution in [-0.4, -0.2) is 61.9 Å². The Morgan fingerprint density at radius 2 is 1.67 bits per heavy atom. The number of nitrogens with zero attached hydrogens (tertiary/aromatic N) is 1. The maximum Gasteiger partial charge on any atom is 0.410 e. The summed E-state index contributed by atoms with van der Waals surface area (Å²) in [6.07, 6.45) is -0.332. The Morgan fingerprint density at radius 1 is 1.11 bits per heavy atom. The standard InChI is InChI=1S/C12H24BrNO4/c1-12(2,3)18-11(15)14(4)6-8-17-10-9-16-7-5-13/h5-10H2,1-4H3. The van der Waals surface area contributed by atoms with Crippen LogP contribution in [0, 0.1) is 0 Å².